The fraction of sp³-hybridized carbons (Fsp3) is 0.914. The Hall–Kier alpha value is -1.66. The van der Waals surface area contributed by atoms with E-state index < -0.39 is 12.1 Å². The SMILES string of the molecule is CCCCCC/C=C\C/C=C\CCCCCCCCCC(=O)OCCCCCCCCCCCCCCCCCCCCCCCCC(=O)NC(CO)C(O)CCCCCCCCCCCCCCCCCCCCC. The van der Waals surface area contributed by atoms with Crippen molar-refractivity contribution < 1.29 is 24.5 Å². The van der Waals surface area contributed by atoms with Crippen LogP contribution in [-0.2, 0) is 14.3 Å². The van der Waals surface area contributed by atoms with E-state index >= 15 is 0 Å². The maximum atomic E-state index is 12.5. The largest absolute Gasteiger partial charge is 0.466 e. The second-order valence-corrected chi connectivity index (χ2v) is 23.9. The lowest BCUT2D eigenvalue weighted by atomic mass is 10.0. The predicted octanol–water partition coefficient (Wildman–Crippen LogP) is 22.1. The monoisotopic (exact) mass is 1070 g/mol. The molecule has 0 radical (unpaired) electrons. The van der Waals surface area contributed by atoms with E-state index in [1.54, 1.807) is 0 Å². The minimum absolute atomic E-state index is 0.00686. The molecule has 6 nitrogen and oxygen atoms in total. The number of amides is 1. The zero-order valence-electron chi connectivity index (χ0n) is 51.5. The number of hydrogen-bond donors (Lipinski definition) is 3. The molecule has 0 saturated heterocycles. The molecule has 0 aliphatic carbocycles. The number of allylic oxidation sites excluding steroid dienone is 4. The number of hydrogen-bond acceptors (Lipinski definition) is 5. The number of aliphatic hydroxyl groups is 2. The second kappa shape index (κ2) is 65.9. The van der Waals surface area contributed by atoms with Crippen LogP contribution in [-0.4, -0.2) is 47.4 Å². The lowest BCUT2D eigenvalue weighted by Gasteiger charge is -2.22. The fourth-order valence-electron chi connectivity index (χ4n) is 11.0. The Labute approximate surface area is 475 Å². The standard InChI is InChI=1S/C70H135NO5/c1-3-5-7-9-11-13-15-17-19-21-27-30-34-38-42-46-50-54-58-62-68(73)67(66-72)71-69(74)63-59-55-51-47-43-39-35-31-28-25-23-24-26-29-33-37-41-45-49-53-57-61-65-76-70(75)64-60-56-52-48-44-40-36-32-22-20-18-16-14-12-10-8-6-4-2/h14,16,20,22,67-68,72-73H,3-13,15,17-19,21,23-66H2,1-2H3,(H,71,74)/b16-14-,22-20-. The topological polar surface area (TPSA) is 95.9 Å². The molecule has 0 aromatic rings. The highest BCUT2D eigenvalue weighted by molar-refractivity contribution is 5.76. The number of carbonyl (C=O) groups is 2. The van der Waals surface area contributed by atoms with Gasteiger partial charge in [-0.1, -0.05) is 340 Å². The Morgan fingerprint density at radius 3 is 1.01 bits per heavy atom. The third kappa shape index (κ3) is 61.6. The first-order valence-electron chi connectivity index (χ1n) is 34.6. The molecule has 0 aromatic heterocycles. The minimum atomic E-state index is -0.665. The number of esters is 1. The predicted molar refractivity (Wildman–Crippen MR) is 333 cm³/mol. The summed E-state index contributed by atoms with van der Waals surface area (Å²) >= 11 is 0. The Morgan fingerprint density at radius 1 is 0.368 bits per heavy atom. The van der Waals surface area contributed by atoms with E-state index in [0.29, 0.717) is 25.9 Å². The molecule has 0 aliphatic heterocycles. The number of aliphatic hydroxyl groups excluding tert-OH is 2. The Bertz CT molecular complexity index is 1190. The van der Waals surface area contributed by atoms with Gasteiger partial charge < -0.3 is 20.3 Å². The van der Waals surface area contributed by atoms with Gasteiger partial charge >= 0.3 is 5.97 Å². The van der Waals surface area contributed by atoms with Gasteiger partial charge in [0.1, 0.15) is 0 Å². The van der Waals surface area contributed by atoms with E-state index in [-0.39, 0.29) is 18.5 Å². The molecule has 0 heterocycles. The molecule has 0 fully saturated rings. The third-order valence-electron chi connectivity index (χ3n) is 16.3. The molecule has 6 heteroatoms. The maximum Gasteiger partial charge on any atom is 0.305 e. The molecule has 0 rings (SSSR count). The van der Waals surface area contributed by atoms with E-state index in [1.807, 2.05) is 0 Å². The minimum Gasteiger partial charge on any atom is -0.466 e. The van der Waals surface area contributed by atoms with Crippen molar-refractivity contribution in [3.05, 3.63) is 24.3 Å². The summed E-state index contributed by atoms with van der Waals surface area (Å²) in [6.45, 7) is 4.97. The highest BCUT2D eigenvalue weighted by atomic mass is 16.5. The van der Waals surface area contributed by atoms with Crippen molar-refractivity contribution in [2.24, 2.45) is 0 Å². The summed E-state index contributed by atoms with van der Waals surface area (Å²) < 4.78 is 5.50. The summed E-state index contributed by atoms with van der Waals surface area (Å²) in [5.74, 6) is -0.0245. The molecule has 2 unspecified atom stereocenters. The Morgan fingerprint density at radius 2 is 0.658 bits per heavy atom. The first-order valence-corrected chi connectivity index (χ1v) is 34.6. The van der Waals surface area contributed by atoms with Crippen LogP contribution in [0.4, 0.5) is 0 Å². The first kappa shape index (κ1) is 74.3. The molecule has 3 N–H and O–H groups in total. The van der Waals surface area contributed by atoms with Crippen molar-refractivity contribution in [1.82, 2.24) is 5.32 Å². The van der Waals surface area contributed by atoms with Gasteiger partial charge in [0.25, 0.3) is 0 Å². The molecule has 0 saturated carbocycles. The summed E-state index contributed by atoms with van der Waals surface area (Å²) in [5.41, 5.74) is 0. The van der Waals surface area contributed by atoms with E-state index in [0.717, 1.165) is 51.4 Å². The lowest BCUT2D eigenvalue weighted by molar-refractivity contribution is -0.143. The van der Waals surface area contributed by atoms with Gasteiger partial charge in [-0.25, -0.2) is 0 Å². The smallest absolute Gasteiger partial charge is 0.305 e. The van der Waals surface area contributed by atoms with Crippen molar-refractivity contribution >= 4 is 11.9 Å². The van der Waals surface area contributed by atoms with Crippen LogP contribution >= 0.6 is 0 Å². The van der Waals surface area contributed by atoms with E-state index in [2.05, 4.69) is 43.5 Å². The highest BCUT2D eigenvalue weighted by Crippen LogP contribution is 2.19. The summed E-state index contributed by atoms with van der Waals surface area (Å²) in [6, 6.07) is -0.542. The maximum absolute atomic E-state index is 12.5. The van der Waals surface area contributed by atoms with Crippen LogP contribution in [0.1, 0.15) is 386 Å². The van der Waals surface area contributed by atoms with Gasteiger partial charge in [0, 0.05) is 12.8 Å². The van der Waals surface area contributed by atoms with Gasteiger partial charge in [-0.05, 0) is 57.8 Å². The van der Waals surface area contributed by atoms with Crippen molar-refractivity contribution in [1.29, 1.82) is 0 Å². The number of rotatable bonds is 65. The number of unbranched alkanes of at least 4 members (excludes halogenated alkanes) is 50. The van der Waals surface area contributed by atoms with Gasteiger partial charge in [-0.15, -0.1) is 0 Å². The van der Waals surface area contributed by atoms with Gasteiger partial charge in [-0.2, -0.15) is 0 Å². The molecule has 0 aromatic carbocycles. The second-order valence-electron chi connectivity index (χ2n) is 23.9. The normalized spacial score (nSPS) is 12.6. The van der Waals surface area contributed by atoms with Crippen LogP contribution in [0.2, 0.25) is 0 Å². The molecule has 76 heavy (non-hydrogen) atoms. The number of ether oxygens (including phenoxy) is 1. The Balaban J connectivity index is 3.37. The van der Waals surface area contributed by atoms with Crippen molar-refractivity contribution in [3.63, 3.8) is 0 Å². The van der Waals surface area contributed by atoms with Crippen LogP contribution in [0, 0.1) is 0 Å². The summed E-state index contributed by atoms with van der Waals surface area (Å²) in [4.78, 5) is 24.6. The van der Waals surface area contributed by atoms with E-state index in [1.165, 1.54) is 302 Å². The molecular formula is C70H135NO5. The van der Waals surface area contributed by atoms with Crippen LogP contribution in [0.3, 0.4) is 0 Å². The van der Waals surface area contributed by atoms with Crippen molar-refractivity contribution in [2.45, 2.75) is 398 Å². The van der Waals surface area contributed by atoms with Gasteiger partial charge in [0.2, 0.25) is 5.91 Å². The molecule has 0 spiro atoms. The Kier molecular flexibility index (Phi) is 64.4. The third-order valence-corrected chi connectivity index (χ3v) is 16.3. The zero-order chi connectivity index (χ0) is 55.0. The summed E-state index contributed by atoms with van der Waals surface area (Å²) in [5, 5.41) is 23.4. The van der Waals surface area contributed by atoms with Gasteiger partial charge in [0.15, 0.2) is 0 Å². The van der Waals surface area contributed by atoms with E-state index in [4.69, 9.17) is 4.74 Å². The quantitative estimate of drug-likeness (QED) is 0.0320. The van der Waals surface area contributed by atoms with Crippen LogP contribution in [0.5, 0.6) is 0 Å². The highest BCUT2D eigenvalue weighted by Gasteiger charge is 2.20. The van der Waals surface area contributed by atoms with E-state index in [9.17, 15) is 19.8 Å². The van der Waals surface area contributed by atoms with Crippen molar-refractivity contribution in [3.8, 4) is 0 Å². The van der Waals surface area contributed by atoms with Crippen molar-refractivity contribution in [2.75, 3.05) is 13.2 Å². The molecule has 0 bridgehead atoms. The molecule has 0 aliphatic rings. The molecule has 450 valence electrons. The number of nitrogens with one attached hydrogen (secondary N) is 1. The fourth-order valence-corrected chi connectivity index (χ4v) is 11.0. The molecular weight excluding hydrogens is 935 g/mol. The zero-order valence-corrected chi connectivity index (χ0v) is 51.5. The van der Waals surface area contributed by atoms with Crippen LogP contribution < -0.4 is 5.32 Å². The van der Waals surface area contributed by atoms with Gasteiger partial charge in [-0.3, -0.25) is 9.59 Å². The average Bonchev–Trinajstić information content (AvgIpc) is 3.42. The summed E-state index contributed by atoms with van der Waals surface area (Å²) in [7, 11) is 0. The van der Waals surface area contributed by atoms with Gasteiger partial charge in [0.05, 0.1) is 25.4 Å². The van der Waals surface area contributed by atoms with Crippen LogP contribution in [0.15, 0.2) is 24.3 Å². The molecule has 2 atom stereocenters. The number of carbonyl (C=O) groups excluding carboxylic acids is 2. The lowest BCUT2D eigenvalue weighted by Crippen LogP contribution is -2.45. The summed E-state index contributed by atoms with van der Waals surface area (Å²) in [6.07, 6.45) is 82.1. The van der Waals surface area contributed by atoms with Crippen LogP contribution in [0.25, 0.3) is 0 Å². The molecule has 1 amide bonds. The first-order chi connectivity index (χ1) is 37.5. The average molecular weight is 1070 g/mol.